The predicted octanol–water partition coefficient (Wildman–Crippen LogP) is 7.01. The number of aromatic nitrogens is 1. The van der Waals surface area contributed by atoms with Crippen molar-refractivity contribution < 1.29 is 0 Å². The van der Waals surface area contributed by atoms with Crippen molar-refractivity contribution in [2.24, 2.45) is 0 Å². The van der Waals surface area contributed by atoms with Crippen LogP contribution in [0.15, 0.2) is 60.8 Å². The van der Waals surface area contributed by atoms with Gasteiger partial charge in [-0.1, -0.05) is 97.0 Å². The van der Waals surface area contributed by atoms with Gasteiger partial charge in [-0.15, -0.1) is 0 Å². The Kier molecular flexibility index (Phi) is 4.08. The normalized spacial score (nSPS) is 17.0. The van der Waals surface area contributed by atoms with E-state index >= 15 is 0 Å². The van der Waals surface area contributed by atoms with Crippen LogP contribution in [0.1, 0.15) is 76.3 Å². The highest BCUT2D eigenvalue weighted by molar-refractivity contribution is 5.73. The highest BCUT2D eigenvalue weighted by Crippen LogP contribution is 2.52. The second-order valence-corrected chi connectivity index (χ2v) is 10.2. The number of fused-ring (bicyclic) bond motifs is 2. The lowest BCUT2D eigenvalue weighted by molar-refractivity contribution is 0.522. The molecule has 0 atom stereocenters. The standard InChI is InChI=1S/C27H31N/c1-25(2,3)18-15-16-23(28-17-18)19-11-10-14-22-24(19)27(6,7)21-13-9-8-12-20(21)26(22,4)5/h8-17H,1-7H3. The molecule has 0 aliphatic heterocycles. The van der Waals surface area contributed by atoms with E-state index in [0.29, 0.717) is 0 Å². The molecule has 0 radical (unpaired) electrons. The van der Waals surface area contributed by atoms with Crippen LogP contribution >= 0.6 is 0 Å². The van der Waals surface area contributed by atoms with Crippen molar-refractivity contribution in [2.45, 2.75) is 64.7 Å². The molecule has 1 aliphatic rings. The van der Waals surface area contributed by atoms with Gasteiger partial charge in [0.15, 0.2) is 0 Å². The summed E-state index contributed by atoms with van der Waals surface area (Å²) in [5.41, 5.74) is 9.29. The van der Waals surface area contributed by atoms with E-state index in [1.54, 1.807) is 0 Å². The molecule has 1 aromatic heterocycles. The molecule has 28 heavy (non-hydrogen) atoms. The molecule has 2 aromatic carbocycles. The molecule has 0 bridgehead atoms. The molecule has 3 aromatic rings. The Morgan fingerprint density at radius 3 is 1.86 bits per heavy atom. The zero-order valence-electron chi connectivity index (χ0n) is 18.2. The van der Waals surface area contributed by atoms with Gasteiger partial charge < -0.3 is 0 Å². The lowest BCUT2D eigenvalue weighted by Crippen LogP contribution is -2.37. The summed E-state index contributed by atoms with van der Waals surface area (Å²) >= 11 is 0. The predicted molar refractivity (Wildman–Crippen MR) is 119 cm³/mol. The van der Waals surface area contributed by atoms with Crippen LogP contribution in [0.4, 0.5) is 0 Å². The topological polar surface area (TPSA) is 12.9 Å². The first-order valence-electron chi connectivity index (χ1n) is 10.3. The minimum Gasteiger partial charge on any atom is -0.256 e. The van der Waals surface area contributed by atoms with Crippen molar-refractivity contribution in [3.63, 3.8) is 0 Å². The van der Waals surface area contributed by atoms with Gasteiger partial charge in [0.1, 0.15) is 0 Å². The summed E-state index contributed by atoms with van der Waals surface area (Å²) in [4.78, 5) is 4.89. The van der Waals surface area contributed by atoms with Gasteiger partial charge in [-0.05, 0) is 39.3 Å². The molecule has 144 valence electrons. The zero-order valence-corrected chi connectivity index (χ0v) is 18.2. The fourth-order valence-electron chi connectivity index (χ4n) is 4.81. The fraction of sp³-hybridized carbons (Fsp3) is 0.370. The molecule has 0 N–H and O–H groups in total. The second kappa shape index (κ2) is 6.04. The minimum absolute atomic E-state index is 0.0250. The van der Waals surface area contributed by atoms with E-state index in [4.69, 9.17) is 4.98 Å². The lowest BCUT2D eigenvalue weighted by atomic mass is 9.59. The van der Waals surface area contributed by atoms with Crippen LogP contribution in [-0.4, -0.2) is 4.98 Å². The molecule has 0 amide bonds. The Morgan fingerprint density at radius 2 is 1.29 bits per heavy atom. The van der Waals surface area contributed by atoms with E-state index in [-0.39, 0.29) is 16.2 Å². The lowest BCUT2D eigenvalue weighted by Gasteiger charge is -2.44. The SMILES string of the molecule is CC(C)(C)c1ccc(-c2cccc3c2C(C)(C)c2ccccc2C3(C)C)nc1. The second-order valence-electron chi connectivity index (χ2n) is 10.2. The van der Waals surface area contributed by atoms with Crippen LogP contribution in [0.2, 0.25) is 0 Å². The van der Waals surface area contributed by atoms with Crippen LogP contribution in [-0.2, 0) is 16.2 Å². The third kappa shape index (κ3) is 2.71. The van der Waals surface area contributed by atoms with Gasteiger partial charge in [-0.2, -0.15) is 0 Å². The average Bonchev–Trinajstić information content (AvgIpc) is 2.66. The van der Waals surface area contributed by atoms with Gasteiger partial charge in [-0.25, -0.2) is 0 Å². The first kappa shape index (κ1) is 18.9. The van der Waals surface area contributed by atoms with Gasteiger partial charge in [-0.3, -0.25) is 4.98 Å². The van der Waals surface area contributed by atoms with Crippen LogP contribution in [0, 0.1) is 0 Å². The number of hydrogen-bond donors (Lipinski definition) is 0. The maximum atomic E-state index is 4.89. The van der Waals surface area contributed by atoms with Crippen LogP contribution in [0.25, 0.3) is 11.3 Å². The first-order chi connectivity index (χ1) is 13.0. The van der Waals surface area contributed by atoms with Crippen molar-refractivity contribution in [1.82, 2.24) is 4.98 Å². The molecule has 0 fully saturated rings. The molecular formula is C27H31N. The summed E-state index contributed by atoms with van der Waals surface area (Å²) in [5.74, 6) is 0. The van der Waals surface area contributed by atoms with Gasteiger partial charge >= 0.3 is 0 Å². The number of nitrogens with zero attached hydrogens (tertiary/aromatic N) is 1. The molecule has 1 nitrogen and oxygen atoms in total. The molecule has 0 spiro atoms. The number of pyridine rings is 1. The van der Waals surface area contributed by atoms with Crippen LogP contribution < -0.4 is 0 Å². The van der Waals surface area contributed by atoms with Gasteiger partial charge in [0.25, 0.3) is 0 Å². The average molecular weight is 370 g/mol. The Hall–Kier alpha value is -2.41. The molecule has 1 heterocycles. The number of rotatable bonds is 1. The monoisotopic (exact) mass is 369 g/mol. The summed E-state index contributed by atoms with van der Waals surface area (Å²) in [6.45, 7) is 16.1. The van der Waals surface area contributed by atoms with Gasteiger partial charge in [0.05, 0.1) is 5.69 Å². The summed E-state index contributed by atoms with van der Waals surface area (Å²) in [6, 6.07) is 20.1. The number of hydrogen-bond acceptors (Lipinski definition) is 1. The van der Waals surface area contributed by atoms with Gasteiger partial charge in [0, 0.05) is 22.6 Å². The first-order valence-corrected chi connectivity index (χ1v) is 10.3. The molecule has 0 saturated heterocycles. The van der Waals surface area contributed by atoms with Crippen LogP contribution in [0.5, 0.6) is 0 Å². The van der Waals surface area contributed by atoms with E-state index in [9.17, 15) is 0 Å². The fourth-order valence-corrected chi connectivity index (χ4v) is 4.81. The van der Waals surface area contributed by atoms with E-state index < -0.39 is 0 Å². The summed E-state index contributed by atoms with van der Waals surface area (Å²) in [6.07, 6.45) is 2.05. The Labute approximate surface area is 169 Å². The largest absolute Gasteiger partial charge is 0.256 e. The van der Waals surface area contributed by atoms with E-state index in [1.165, 1.54) is 33.4 Å². The molecule has 4 rings (SSSR count). The van der Waals surface area contributed by atoms with Crippen molar-refractivity contribution in [3.8, 4) is 11.3 Å². The maximum Gasteiger partial charge on any atom is 0.0705 e. The van der Waals surface area contributed by atoms with Crippen LogP contribution in [0.3, 0.4) is 0 Å². The van der Waals surface area contributed by atoms with Crippen molar-refractivity contribution in [2.75, 3.05) is 0 Å². The molecule has 1 heteroatoms. The number of benzene rings is 2. The van der Waals surface area contributed by atoms with Crippen molar-refractivity contribution in [3.05, 3.63) is 88.6 Å². The zero-order chi connectivity index (χ0) is 20.3. The van der Waals surface area contributed by atoms with E-state index in [2.05, 4.69) is 103 Å². The Morgan fingerprint density at radius 1 is 0.679 bits per heavy atom. The third-order valence-electron chi connectivity index (χ3n) is 6.54. The third-order valence-corrected chi connectivity index (χ3v) is 6.54. The molecule has 0 saturated carbocycles. The van der Waals surface area contributed by atoms with Gasteiger partial charge in [0.2, 0.25) is 0 Å². The maximum absolute atomic E-state index is 4.89. The molecule has 0 unspecified atom stereocenters. The summed E-state index contributed by atoms with van der Waals surface area (Å²) in [5, 5.41) is 0. The van der Waals surface area contributed by atoms with Crippen molar-refractivity contribution >= 4 is 0 Å². The molecular weight excluding hydrogens is 338 g/mol. The minimum atomic E-state index is -0.0670. The quantitative estimate of drug-likeness (QED) is 0.449. The highest BCUT2D eigenvalue weighted by Gasteiger charge is 2.42. The van der Waals surface area contributed by atoms with E-state index in [1.807, 2.05) is 6.20 Å². The smallest absolute Gasteiger partial charge is 0.0705 e. The summed E-state index contributed by atoms with van der Waals surface area (Å²) < 4.78 is 0. The highest BCUT2D eigenvalue weighted by atomic mass is 14.7. The summed E-state index contributed by atoms with van der Waals surface area (Å²) in [7, 11) is 0. The van der Waals surface area contributed by atoms with Crippen molar-refractivity contribution in [1.29, 1.82) is 0 Å². The molecule has 1 aliphatic carbocycles. The van der Waals surface area contributed by atoms with E-state index in [0.717, 1.165) is 5.69 Å². The Bertz CT molecular complexity index is 1030. The Balaban J connectivity index is 1.96.